The first-order chi connectivity index (χ1) is 16.3. The van der Waals surface area contributed by atoms with Gasteiger partial charge in [0.1, 0.15) is 11.6 Å². The summed E-state index contributed by atoms with van der Waals surface area (Å²) in [6.45, 7) is 8.26. The van der Waals surface area contributed by atoms with Crippen LogP contribution in [0.15, 0.2) is 64.0 Å². The number of hydrogen-bond acceptors (Lipinski definition) is 4. The number of furan rings is 1. The van der Waals surface area contributed by atoms with Crippen LogP contribution >= 0.6 is 11.6 Å². The van der Waals surface area contributed by atoms with Gasteiger partial charge in [-0.05, 0) is 69.2 Å². The summed E-state index contributed by atoms with van der Waals surface area (Å²) < 4.78 is 7.12. The van der Waals surface area contributed by atoms with Gasteiger partial charge >= 0.3 is 6.03 Å². The lowest BCUT2D eigenvalue weighted by Gasteiger charge is -2.30. The van der Waals surface area contributed by atoms with Crippen LogP contribution in [0.2, 0.25) is 5.02 Å². The van der Waals surface area contributed by atoms with Crippen molar-refractivity contribution in [1.82, 2.24) is 14.5 Å². The average Bonchev–Trinajstić information content (AvgIpc) is 3.33. The number of aryl methyl sites for hydroxylation is 2. The number of para-hydroxylation sites is 1. The van der Waals surface area contributed by atoms with Crippen LogP contribution in [0.5, 0.6) is 0 Å². The summed E-state index contributed by atoms with van der Waals surface area (Å²) in [5, 5.41) is 3.97. The smallest absolute Gasteiger partial charge is 0.322 e. The van der Waals surface area contributed by atoms with E-state index < -0.39 is 6.04 Å². The van der Waals surface area contributed by atoms with E-state index >= 15 is 0 Å². The Balaban J connectivity index is 1.79. The van der Waals surface area contributed by atoms with Gasteiger partial charge in [-0.2, -0.15) is 0 Å². The molecule has 4 rings (SSSR count). The highest BCUT2D eigenvalue weighted by atomic mass is 35.5. The number of nitrogens with one attached hydrogen (secondary N) is 1. The van der Waals surface area contributed by atoms with Crippen LogP contribution < -0.4 is 10.9 Å². The van der Waals surface area contributed by atoms with E-state index in [1.165, 1.54) is 0 Å². The van der Waals surface area contributed by atoms with E-state index in [0.717, 1.165) is 16.8 Å². The van der Waals surface area contributed by atoms with Gasteiger partial charge < -0.3 is 14.6 Å². The third-order valence-electron chi connectivity index (χ3n) is 5.98. The van der Waals surface area contributed by atoms with Gasteiger partial charge in [0.2, 0.25) is 0 Å². The number of carbonyl (C=O) groups excluding carboxylic acids is 1. The minimum absolute atomic E-state index is 0.190. The number of hydrogen-bond donors (Lipinski definition) is 1. The number of anilines is 1. The van der Waals surface area contributed by atoms with E-state index in [0.29, 0.717) is 34.1 Å². The first-order valence-electron chi connectivity index (χ1n) is 11.2. The lowest BCUT2D eigenvalue weighted by Crippen LogP contribution is -2.39. The minimum atomic E-state index is -0.526. The van der Waals surface area contributed by atoms with Gasteiger partial charge in [-0.3, -0.25) is 9.36 Å². The average molecular weight is 479 g/mol. The number of carbonyl (C=O) groups is 1. The Bertz CT molecular complexity index is 1380. The standard InChI is InChI=1S/C26H27ClN4O3/c1-5-30-24(28-22-12-11-19(27)14-21(22)25(30)32)18(4)31(15-20-10-7-13-34-20)26(33)29-23-16(2)8-6-9-17(23)3/h6-14,18H,5,15H2,1-4H3,(H,29,33). The SMILES string of the molecule is CCn1c(C(C)N(Cc2ccco2)C(=O)Nc2c(C)cccc2C)nc2ccc(Cl)cc2c1=O. The lowest BCUT2D eigenvalue weighted by molar-refractivity contribution is 0.178. The zero-order chi connectivity index (χ0) is 24.4. The van der Waals surface area contributed by atoms with Crippen molar-refractivity contribution in [3.63, 3.8) is 0 Å². The van der Waals surface area contributed by atoms with Gasteiger partial charge in [-0.25, -0.2) is 9.78 Å². The van der Waals surface area contributed by atoms with Gasteiger partial charge in [-0.15, -0.1) is 0 Å². The highest BCUT2D eigenvalue weighted by molar-refractivity contribution is 6.31. The molecule has 0 bridgehead atoms. The van der Waals surface area contributed by atoms with Crippen LogP contribution in [0.25, 0.3) is 10.9 Å². The van der Waals surface area contributed by atoms with Crippen LogP contribution in [-0.2, 0) is 13.1 Å². The second kappa shape index (κ2) is 9.73. The molecule has 0 aliphatic rings. The molecule has 0 aliphatic heterocycles. The molecule has 1 N–H and O–H groups in total. The van der Waals surface area contributed by atoms with Crippen molar-refractivity contribution >= 4 is 34.2 Å². The minimum Gasteiger partial charge on any atom is -0.467 e. The highest BCUT2D eigenvalue weighted by Crippen LogP contribution is 2.26. The van der Waals surface area contributed by atoms with E-state index in [2.05, 4.69) is 5.32 Å². The number of aromatic nitrogens is 2. The summed E-state index contributed by atoms with van der Waals surface area (Å²) in [5.41, 5.74) is 3.03. The Morgan fingerprint density at radius 3 is 2.56 bits per heavy atom. The first-order valence-corrected chi connectivity index (χ1v) is 11.5. The van der Waals surface area contributed by atoms with Gasteiger partial charge in [-0.1, -0.05) is 29.8 Å². The number of urea groups is 1. The van der Waals surface area contributed by atoms with Gasteiger partial charge in [0.05, 0.1) is 29.8 Å². The largest absolute Gasteiger partial charge is 0.467 e. The zero-order valence-electron chi connectivity index (χ0n) is 19.6. The van der Waals surface area contributed by atoms with Crippen molar-refractivity contribution in [3.8, 4) is 0 Å². The third-order valence-corrected chi connectivity index (χ3v) is 6.22. The molecule has 2 heterocycles. The number of halogens is 1. The predicted molar refractivity (Wildman–Crippen MR) is 134 cm³/mol. The second-order valence-corrected chi connectivity index (χ2v) is 8.70. The van der Waals surface area contributed by atoms with E-state index in [9.17, 15) is 9.59 Å². The fraction of sp³-hybridized carbons (Fsp3) is 0.269. The van der Waals surface area contributed by atoms with Crippen molar-refractivity contribution in [2.45, 2.75) is 46.8 Å². The van der Waals surface area contributed by atoms with Crippen molar-refractivity contribution < 1.29 is 9.21 Å². The molecule has 2 aromatic heterocycles. The number of rotatable bonds is 6. The quantitative estimate of drug-likeness (QED) is 0.364. The van der Waals surface area contributed by atoms with Crippen LogP contribution in [0.4, 0.5) is 10.5 Å². The monoisotopic (exact) mass is 478 g/mol. The molecule has 0 fully saturated rings. The predicted octanol–water partition coefficient (Wildman–Crippen LogP) is 6.07. The normalized spacial score (nSPS) is 12.0. The molecule has 7 nitrogen and oxygen atoms in total. The van der Waals surface area contributed by atoms with Gasteiger partial charge in [0.15, 0.2) is 0 Å². The number of nitrogens with zero attached hydrogens (tertiary/aromatic N) is 3. The van der Waals surface area contributed by atoms with Crippen LogP contribution in [-0.4, -0.2) is 20.5 Å². The fourth-order valence-corrected chi connectivity index (χ4v) is 4.29. The van der Waals surface area contributed by atoms with E-state index in [1.54, 1.807) is 40.0 Å². The molecule has 1 unspecified atom stereocenters. The maximum absolute atomic E-state index is 13.6. The Hall–Kier alpha value is -3.58. The van der Waals surface area contributed by atoms with Crippen molar-refractivity contribution in [2.75, 3.05) is 5.32 Å². The molecule has 8 heteroatoms. The Labute approximate surface area is 203 Å². The molecule has 0 spiro atoms. The number of benzene rings is 2. The van der Waals surface area contributed by atoms with Crippen LogP contribution in [0.1, 0.15) is 42.6 Å². The van der Waals surface area contributed by atoms with Crippen molar-refractivity contribution in [2.24, 2.45) is 0 Å². The van der Waals surface area contributed by atoms with Gasteiger partial charge in [0.25, 0.3) is 5.56 Å². The number of fused-ring (bicyclic) bond motifs is 1. The van der Waals surface area contributed by atoms with Crippen molar-refractivity contribution in [1.29, 1.82) is 0 Å². The molecular formula is C26H27ClN4O3. The molecule has 1 atom stereocenters. The Morgan fingerprint density at radius 1 is 1.18 bits per heavy atom. The Kier molecular flexibility index (Phi) is 6.75. The van der Waals surface area contributed by atoms with Crippen molar-refractivity contribution in [3.05, 3.63) is 92.9 Å². The summed E-state index contributed by atoms with van der Waals surface area (Å²) in [5.74, 6) is 1.12. The second-order valence-electron chi connectivity index (χ2n) is 8.26. The third kappa shape index (κ3) is 4.56. The maximum Gasteiger partial charge on any atom is 0.322 e. The topological polar surface area (TPSA) is 80.4 Å². The maximum atomic E-state index is 13.6. The first kappa shape index (κ1) is 23.6. The zero-order valence-corrected chi connectivity index (χ0v) is 20.4. The molecular weight excluding hydrogens is 452 g/mol. The molecule has 0 aliphatic carbocycles. The summed E-state index contributed by atoms with van der Waals surface area (Å²) >= 11 is 6.12. The fourth-order valence-electron chi connectivity index (χ4n) is 4.12. The molecule has 2 amide bonds. The van der Waals surface area contributed by atoms with Crippen LogP contribution in [0.3, 0.4) is 0 Å². The van der Waals surface area contributed by atoms with E-state index in [4.69, 9.17) is 21.0 Å². The molecule has 34 heavy (non-hydrogen) atoms. The summed E-state index contributed by atoms with van der Waals surface area (Å²) in [7, 11) is 0. The molecule has 4 aromatic rings. The summed E-state index contributed by atoms with van der Waals surface area (Å²) in [4.78, 5) is 33.2. The van der Waals surface area contributed by atoms with E-state index in [1.807, 2.05) is 52.0 Å². The van der Waals surface area contributed by atoms with E-state index in [-0.39, 0.29) is 18.1 Å². The number of amides is 2. The molecule has 2 aromatic carbocycles. The molecule has 0 saturated heterocycles. The van der Waals surface area contributed by atoms with Gasteiger partial charge in [0, 0.05) is 17.3 Å². The highest BCUT2D eigenvalue weighted by Gasteiger charge is 2.27. The Morgan fingerprint density at radius 2 is 1.91 bits per heavy atom. The van der Waals surface area contributed by atoms with Crippen LogP contribution in [0, 0.1) is 13.8 Å². The summed E-state index contributed by atoms with van der Waals surface area (Å²) in [6.07, 6.45) is 1.57. The molecule has 0 radical (unpaired) electrons. The lowest BCUT2D eigenvalue weighted by atomic mass is 10.1. The molecule has 176 valence electrons. The summed E-state index contributed by atoms with van der Waals surface area (Å²) in [6, 6.07) is 13.7. The molecule has 0 saturated carbocycles.